The van der Waals surface area contributed by atoms with Crippen LogP contribution in [0.1, 0.15) is 42.9 Å². The second-order valence-corrected chi connectivity index (χ2v) is 6.11. The van der Waals surface area contributed by atoms with Crippen molar-refractivity contribution in [3.63, 3.8) is 0 Å². The Morgan fingerprint density at radius 1 is 1.08 bits per heavy atom. The highest BCUT2D eigenvalue weighted by Crippen LogP contribution is 2.12. The van der Waals surface area contributed by atoms with Crippen molar-refractivity contribution in [3.05, 3.63) is 71.1 Å². The summed E-state index contributed by atoms with van der Waals surface area (Å²) in [6.45, 7) is 3.79. The Hall–Kier alpha value is -1.97. The summed E-state index contributed by atoms with van der Waals surface area (Å²) < 4.78 is 5.66. The van der Waals surface area contributed by atoms with Crippen LogP contribution in [0, 0.1) is 0 Å². The van der Waals surface area contributed by atoms with Gasteiger partial charge in [-0.25, -0.2) is 0 Å². The summed E-state index contributed by atoms with van der Waals surface area (Å²) in [5.74, 6) is 0. The summed E-state index contributed by atoms with van der Waals surface area (Å²) in [5, 5.41) is 8.72. The molecule has 1 aromatic carbocycles. The molecule has 2 rings (SSSR count). The predicted molar refractivity (Wildman–Crippen MR) is 98.9 cm³/mol. The molecule has 0 fully saturated rings. The maximum absolute atomic E-state index is 8.72. The van der Waals surface area contributed by atoms with Gasteiger partial charge in [-0.3, -0.25) is 4.98 Å². The van der Waals surface area contributed by atoms with Crippen molar-refractivity contribution < 1.29 is 9.84 Å². The van der Waals surface area contributed by atoms with E-state index in [0.717, 1.165) is 32.3 Å². The summed E-state index contributed by atoms with van der Waals surface area (Å²) >= 11 is 0. The van der Waals surface area contributed by atoms with Gasteiger partial charge in [-0.05, 0) is 60.9 Å². The molecule has 0 spiro atoms. The molecule has 3 heteroatoms. The van der Waals surface area contributed by atoms with Crippen molar-refractivity contribution in [2.45, 2.75) is 32.6 Å². The van der Waals surface area contributed by atoms with E-state index in [0.29, 0.717) is 6.61 Å². The van der Waals surface area contributed by atoms with Crippen molar-refractivity contribution in [1.29, 1.82) is 0 Å². The molecule has 0 aliphatic rings. The van der Waals surface area contributed by atoms with E-state index in [9.17, 15) is 0 Å². The minimum Gasteiger partial charge on any atom is -0.396 e. The van der Waals surface area contributed by atoms with Gasteiger partial charge in [-0.2, -0.15) is 0 Å². The molecule has 0 aliphatic heterocycles. The first-order valence-corrected chi connectivity index (χ1v) is 8.61. The molecule has 1 N–H and O–H groups in total. The van der Waals surface area contributed by atoms with Crippen molar-refractivity contribution in [2.75, 3.05) is 19.8 Å². The lowest BCUT2D eigenvalue weighted by Gasteiger charge is -2.05. The Bertz CT molecular complexity index is 605. The van der Waals surface area contributed by atoms with E-state index in [1.54, 1.807) is 6.20 Å². The Labute approximate surface area is 145 Å². The van der Waals surface area contributed by atoms with E-state index in [1.165, 1.54) is 22.3 Å². The van der Waals surface area contributed by atoms with Crippen LogP contribution in [0.2, 0.25) is 0 Å². The largest absolute Gasteiger partial charge is 0.396 e. The van der Waals surface area contributed by atoms with Crippen LogP contribution >= 0.6 is 0 Å². The number of rotatable bonds is 10. The molecule has 1 heterocycles. The fourth-order valence-corrected chi connectivity index (χ4v) is 2.52. The molecule has 0 saturated heterocycles. The van der Waals surface area contributed by atoms with Crippen LogP contribution in [0.15, 0.2) is 54.4 Å². The van der Waals surface area contributed by atoms with Crippen molar-refractivity contribution in [2.24, 2.45) is 0 Å². The van der Waals surface area contributed by atoms with Gasteiger partial charge in [0.1, 0.15) is 0 Å². The van der Waals surface area contributed by atoms with E-state index in [4.69, 9.17) is 9.84 Å². The Morgan fingerprint density at radius 2 is 1.92 bits per heavy atom. The van der Waals surface area contributed by atoms with Crippen LogP contribution in [-0.2, 0) is 11.2 Å². The summed E-state index contributed by atoms with van der Waals surface area (Å²) in [5.41, 5.74) is 4.94. The first kappa shape index (κ1) is 18.4. The molecule has 0 atom stereocenters. The monoisotopic (exact) mass is 325 g/mol. The second kappa shape index (κ2) is 10.7. The van der Waals surface area contributed by atoms with Gasteiger partial charge in [0.2, 0.25) is 0 Å². The number of nitrogens with zero attached hydrogens (tertiary/aromatic N) is 1. The number of unbranched alkanes of at least 4 members (excludes halogenated alkanes) is 2. The zero-order valence-electron chi connectivity index (χ0n) is 14.4. The average molecular weight is 325 g/mol. The van der Waals surface area contributed by atoms with Gasteiger partial charge in [-0.15, -0.1) is 0 Å². The Morgan fingerprint density at radius 3 is 2.62 bits per heavy atom. The van der Waals surface area contributed by atoms with Crippen LogP contribution in [0.4, 0.5) is 0 Å². The predicted octanol–water partition coefficient (Wildman–Crippen LogP) is 4.25. The van der Waals surface area contributed by atoms with Crippen molar-refractivity contribution in [1.82, 2.24) is 4.98 Å². The SMILES string of the molecule is C/C(=C\c1ccc(Cc2cccnc2)cc1)COCCCCCO. The zero-order chi connectivity index (χ0) is 17.0. The fourth-order valence-electron chi connectivity index (χ4n) is 2.52. The van der Waals surface area contributed by atoms with E-state index in [-0.39, 0.29) is 6.61 Å². The van der Waals surface area contributed by atoms with Crippen molar-refractivity contribution in [3.8, 4) is 0 Å². The average Bonchev–Trinajstić information content (AvgIpc) is 2.61. The lowest BCUT2D eigenvalue weighted by atomic mass is 10.0. The quantitative estimate of drug-likeness (QED) is 0.664. The normalized spacial score (nSPS) is 11.7. The van der Waals surface area contributed by atoms with Gasteiger partial charge in [0.25, 0.3) is 0 Å². The molecule has 0 amide bonds. The Balaban J connectivity index is 1.77. The van der Waals surface area contributed by atoms with Gasteiger partial charge in [0, 0.05) is 25.6 Å². The minimum atomic E-state index is 0.274. The molecule has 24 heavy (non-hydrogen) atoms. The fraction of sp³-hybridized carbons (Fsp3) is 0.381. The summed E-state index contributed by atoms with van der Waals surface area (Å²) in [6, 6.07) is 12.7. The molecule has 1 aromatic heterocycles. The molecule has 128 valence electrons. The number of benzene rings is 1. The highest BCUT2D eigenvalue weighted by Gasteiger charge is 1.98. The molecule has 2 aromatic rings. The van der Waals surface area contributed by atoms with Gasteiger partial charge >= 0.3 is 0 Å². The molecule has 0 radical (unpaired) electrons. The van der Waals surface area contributed by atoms with Crippen LogP contribution in [0.5, 0.6) is 0 Å². The van der Waals surface area contributed by atoms with Crippen LogP contribution in [-0.4, -0.2) is 29.9 Å². The third-order valence-corrected chi connectivity index (χ3v) is 3.80. The van der Waals surface area contributed by atoms with E-state index >= 15 is 0 Å². The first-order chi connectivity index (χ1) is 11.8. The van der Waals surface area contributed by atoms with Gasteiger partial charge in [0.05, 0.1) is 6.61 Å². The number of hydrogen-bond donors (Lipinski definition) is 1. The highest BCUT2D eigenvalue weighted by atomic mass is 16.5. The maximum Gasteiger partial charge on any atom is 0.0677 e. The number of aliphatic hydroxyl groups excluding tert-OH is 1. The summed E-state index contributed by atoms with van der Waals surface area (Å²) in [7, 11) is 0. The molecular formula is C21H27NO2. The topological polar surface area (TPSA) is 42.4 Å². The van der Waals surface area contributed by atoms with Crippen molar-refractivity contribution >= 4 is 6.08 Å². The highest BCUT2D eigenvalue weighted by molar-refractivity contribution is 5.53. The lowest BCUT2D eigenvalue weighted by Crippen LogP contribution is -1.98. The van der Waals surface area contributed by atoms with Crippen LogP contribution in [0.25, 0.3) is 6.08 Å². The molecular weight excluding hydrogens is 298 g/mol. The standard InChI is InChI=1S/C21H27NO2/c1-18(17-24-13-4-2-3-12-23)14-19-7-9-20(10-8-19)15-21-6-5-11-22-16-21/h5-11,14,16,23H,2-4,12-13,15,17H2,1H3/b18-14+. The van der Waals surface area contributed by atoms with Gasteiger partial charge in [0.15, 0.2) is 0 Å². The zero-order valence-corrected chi connectivity index (χ0v) is 14.4. The van der Waals surface area contributed by atoms with Gasteiger partial charge < -0.3 is 9.84 Å². The molecule has 0 bridgehead atoms. The molecule has 0 aliphatic carbocycles. The van der Waals surface area contributed by atoms with E-state index < -0.39 is 0 Å². The number of ether oxygens (including phenoxy) is 1. The lowest BCUT2D eigenvalue weighted by molar-refractivity contribution is 0.149. The number of aliphatic hydroxyl groups is 1. The van der Waals surface area contributed by atoms with Crippen LogP contribution < -0.4 is 0 Å². The summed E-state index contributed by atoms with van der Waals surface area (Å²) in [4.78, 5) is 4.15. The van der Waals surface area contributed by atoms with E-state index in [2.05, 4.69) is 48.3 Å². The number of hydrogen-bond acceptors (Lipinski definition) is 3. The number of pyridine rings is 1. The van der Waals surface area contributed by atoms with E-state index in [1.807, 2.05) is 12.3 Å². The third-order valence-electron chi connectivity index (χ3n) is 3.80. The number of aromatic nitrogens is 1. The molecule has 3 nitrogen and oxygen atoms in total. The maximum atomic E-state index is 8.72. The summed E-state index contributed by atoms with van der Waals surface area (Å²) in [6.07, 6.45) is 9.69. The second-order valence-electron chi connectivity index (χ2n) is 6.11. The minimum absolute atomic E-state index is 0.274. The van der Waals surface area contributed by atoms with Crippen LogP contribution in [0.3, 0.4) is 0 Å². The smallest absolute Gasteiger partial charge is 0.0677 e. The molecule has 0 saturated carbocycles. The Kier molecular flexibility index (Phi) is 8.22. The first-order valence-electron chi connectivity index (χ1n) is 8.61. The third kappa shape index (κ3) is 7.07. The molecule has 0 unspecified atom stereocenters. The van der Waals surface area contributed by atoms with Gasteiger partial charge in [-0.1, -0.05) is 36.4 Å².